The largest absolute Gasteiger partial charge is 0.573 e. The smallest absolute Gasteiger partial charge is 0.478 e. The molecule has 23 heavy (non-hydrogen) atoms. The van der Waals surface area contributed by atoms with E-state index in [1.54, 1.807) is 20.8 Å². The Kier molecular flexibility index (Phi) is 5.13. The van der Waals surface area contributed by atoms with Gasteiger partial charge in [-0.1, -0.05) is 0 Å². The second-order valence-electron chi connectivity index (χ2n) is 5.64. The molecular weight excluding hydrogens is 319 g/mol. The van der Waals surface area contributed by atoms with Crippen LogP contribution in [0.15, 0.2) is 12.1 Å². The third kappa shape index (κ3) is 6.05. The summed E-state index contributed by atoms with van der Waals surface area (Å²) in [5.41, 5.74) is -1.65. The summed E-state index contributed by atoms with van der Waals surface area (Å²) in [4.78, 5) is 22.9. The predicted molar refractivity (Wildman–Crippen MR) is 74.7 cm³/mol. The van der Waals surface area contributed by atoms with Crippen molar-refractivity contribution in [2.75, 3.05) is 5.32 Å². The van der Waals surface area contributed by atoms with Crippen LogP contribution in [0, 0.1) is 6.92 Å². The summed E-state index contributed by atoms with van der Waals surface area (Å²) in [5, 5.41) is 11.2. The second kappa shape index (κ2) is 6.35. The number of amides is 1. The molecule has 0 aliphatic rings. The van der Waals surface area contributed by atoms with Crippen LogP contribution in [0.4, 0.5) is 23.7 Å². The minimum atomic E-state index is -4.95. The summed E-state index contributed by atoms with van der Waals surface area (Å²) in [5.74, 6) is -2.04. The zero-order valence-corrected chi connectivity index (χ0v) is 12.9. The Balaban J connectivity index is 3.19. The number of hydrogen-bond donors (Lipinski definition) is 2. The molecule has 128 valence electrons. The van der Waals surface area contributed by atoms with Crippen molar-refractivity contribution in [3.05, 3.63) is 23.3 Å². The molecule has 0 saturated heterocycles. The van der Waals surface area contributed by atoms with Crippen LogP contribution in [0.1, 0.15) is 36.7 Å². The van der Waals surface area contributed by atoms with E-state index in [1.165, 1.54) is 6.92 Å². The van der Waals surface area contributed by atoms with E-state index in [0.717, 1.165) is 12.1 Å². The Morgan fingerprint density at radius 3 is 2.17 bits per heavy atom. The van der Waals surface area contributed by atoms with Crippen LogP contribution >= 0.6 is 0 Å². The molecule has 0 unspecified atom stereocenters. The van der Waals surface area contributed by atoms with E-state index < -0.39 is 29.8 Å². The molecule has 6 nitrogen and oxygen atoms in total. The van der Waals surface area contributed by atoms with Crippen molar-refractivity contribution in [3.8, 4) is 5.75 Å². The molecule has 0 atom stereocenters. The maximum atomic E-state index is 12.3. The fraction of sp³-hybridized carbons (Fsp3) is 0.429. The number of rotatable bonds is 3. The molecule has 1 aromatic rings. The molecule has 1 amide bonds. The first-order valence-electron chi connectivity index (χ1n) is 6.42. The summed E-state index contributed by atoms with van der Waals surface area (Å²) >= 11 is 0. The Hall–Kier alpha value is -2.45. The van der Waals surface area contributed by atoms with Crippen molar-refractivity contribution in [1.29, 1.82) is 0 Å². The predicted octanol–water partition coefficient (Wildman–Crippen LogP) is 3.94. The number of aryl methyl sites for hydroxylation is 1. The maximum Gasteiger partial charge on any atom is 0.573 e. The van der Waals surface area contributed by atoms with Gasteiger partial charge in [0.25, 0.3) is 0 Å². The second-order valence-corrected chi connectivity index (χ2v) is 5.64. The minimum Gasteiger partial charge on any atom is -0.478 e. The maximum absolute atomic E-state index is 12.3. The zero-order chi connectivity index (χ0) is 18.0. The summed E-state index contributed by atoms with van der Waals surface area (Å²) in [6.07, 6.45) is -5.94. The van der Waals surface area contributed by atoms with Gasteiger partial charge in [0.1, 0.15) is 11.4 Å². The molecule has 9 heteroatoms. The number of nitrogens with one attached hydrogen (secondary N) is 1. The standard InChI is InChI=1S/C14H16F3NO5/c1-7-5-8(11(19)20)9(6-10(7)22-14(15,16)17)18-12(21)23-13(2,3)4/h5-6H,1-4H3,(H,18,21)(H,19,20). The molecule has 0 fully saturated rings. The fourth-order valence-electron chi connectivity index (χ4n) is 1.62. The van der Waals surface area contributed by atoms with E-state index in [1.807, 2.05) is 0 Å². The van der Waals surface area contributed by atoms with Gasteiger partial charge in [0, 0.05) is 6.07 Å². The lowest BCUT2D eigenvalue weighted by Gasteiger charge is -2.20. The van der Waals surface area contributed by atoms with Crippen molar-refractivity contribution in [1.82, 2.24) is 0 Å². The number of carboxylic acid groups (broad SMARTS) is 1. The Morgan fingerprint density at radius 1 is 1.17 bits per heavy atom. The van der Waals surface area contributed by atoms with Gasteiger partial charge in [-0.25, -0.2) is 9.59 Å². The molecule has 0 radical (unpaired) electrons. The first kappa shape index (κ1) is 18.6. The molecule has 0 spiro atoms. The highest BCUT2D eigenvalue weighted by molar-refractivity contribution is 5.99. The van der Waals surface area contributed by atoms with Crippen LogP contribution < -0.4 is 10.1 Å². The van der Waals surface area contributed by atoms with Crippen LogP contribution in [0.25, 0.3) is 0 Å². The monoisotopic (exact) mass is 335 g/mol. The lowest BCUT2D eigenvalue weighted by atomic mass is 10.1. The Labute approximate surface area is 130 Å². The van der Waals surface area contributed by atoms with Crippen LogP contribution in [-0.4, -0.2) is 29.1 Å². The number of benzene rings is 1. The van der Waals surface area contributed by atoms with Crippen LogP contribution in [-0.2, 0) is 4.74 Å². The molecule has 1 rings (SSSR count). The molecule has 1 aromatic carbocycles. The third-order valence-corrected chi connectivity index (χ3v) is 2.41. The van der Waals surface area contributed by atoms with E-state index in [2.05, 4.69) is 10.1 Å². The van der Waals surface area contributed by atoms with Gasteiger partial charge in [0.05, 0.1) is 11.3 Å². The third-order valence-electron chi connectivity index (χ3n) is 2.41. The summed E-state index contributed by atoms with van der Waals surface area (Å²) in [6, 6.07) is 1.76. The Bertz CT molecular complexity index is 620. The fourth-order valence-corrected chi connectivity index (χ4v) is 1.62. The van der Waals surface area contributed by atoms with Gasteiger partial charge in [0.15, 0.2) is 0 Å². The molecule has 2 N–H and O–H groups in total. The molecule has 0 saturated carbocycles. The highest BCUT2D eigenvalue weighted by atomic mass is 19.4. The van der Waals surface area contributed by atoms with Gasteiger partial charge >= 0.3 is 18.4 Å². The lowest BCUT2D eigenvalue weighted by Crippen LogP contribution is -2.28. The first-order chi connectivity index (χ1) is 10.3. The van der Waals surface area contributed by atoms with E-state index in [4.69, 9.17) is 9.84 Å². The van der Waals surface area contributed by atoms with Crippen molar-refractivity contribution in [2.24, 2.45) is 0 Å². The highest BCUT2D eigenvalue weighted by Crippen LogP contribution is 2.31. The number of aromatic carboxylic acids is 1. The van der Waals surface area contributed by atoms with E-state index in [9.17, 15) is 22.8 Å². The summed E-state index contributed by atoms with van der Waals surface area (Å²) < 4.78 is 45.8. The number of carbonyl (C=O) groups excluding carboxylic acids is 1. The average molecular weight is 335 g/mol. The van der Waals surface area contributed by atoms with Crippen LogP contribution in [0.2, 0.25) is 0 Å². The zero-order valence-electron chi connectivity index (χ0n) is 12.9. The SMILES string of the molecule is Cc1cc(C(=O)O)c(NC(=O)OC(C)(C)C)cc1OC(F)(F)F. The molecule has 0 aromatic heterocycles. The van der Waals surface area contributed by atoms with Gasteiger partial charge in [-0.05, 0) is 39.3 Å². The number of anilines is 1. The molecule has 0 heterocycles. The normalized spacial score (nSPS) is 11.8. The van der Waals surface area contributed by atoms with Gasteiger partial charge in [-0.15, -0.1) is 13.2 Å². The van der Waals surface area contributed by atoms with Crippen LogP contribution in [0.3, 0.4) is 0 Å². The van der Waals surface area contributed by atoms with Crippen molar-refractivity contribution in [3.63, 3.8) is 0 Å². The van der Waals surface area contributed by atoms with Gasteiger partial charge in [0.2, 0.25) is 0 Å². The average Bonchev–Trinajstić information content (AvgIpc) is 2.28. The number of carbonyl (C=O) groups is 2. The number of hydrogen-bond acceptors (Lipinski definition) is 4. The number of carboxylic acids is 1. The van der Waals surface area contributed by atoms with E-state index >= 15 is 0 Å². The molecule has 0 bridgehead atoms. The minimum absolute atomic E-state index is 0.0468. The quantitative estimate of drug-likeness (QED) is 0.874. The molecule has 0 aliphatic heterocycles. The van der Waals surface area contributed by atoms with E-state index in [-0.39, 0.29) is 16.8 Å². The van der Waals surface area contributed by atoms with E-state index in [0.29, 0.717) is 0 Å². The van der Waals surface area contributed by atoms with Gasteiger partial charge in [-0.2, -0.15) is 0 Å². The van der Waals surface area contributed by atoms with Crippen molar-refractivity contribution >= 4 is 17.7 Å². The Morgan fingerprint density at radius 2 is 1.74 bits per heavy atom. The number of alkyl halides is 3. The van der Waals surface area contributed by atoms with Gasteiger partial charge < -0.3 is 14.6 Å². The summed E-state index contributed by atoms with van der Waals surface area (Å²) in [6.45, 7) is 6.00. The first-order valence-corrected chi connectivity index (χ1v) is 6.42. The lowest BCUT2D eigenvalue weighted by molar-refractivity contribution is -0.274. The summed E-state index contributed by atoms with van der Waals surface area (Å²) in [7, 11) is 0. The highest BCUT2D eigenvalue weighted by Gasteiger charge is 2.32. The van der Waals surface area contributed by atoms with Crippen LogP contribution in [0.5, 0.6) is 5.75 Å². The van der Waals surface area contributed by atoms with Crippen molar-refractivity contribution in [2.45, 2.75) is 39.7 Å². The topological polar surface area (TPSA) is 84.9 Å². The number of halogens is 3. The van der Waals surface area contributed by atoms with Crippen molar-refractivity contribution < 1.29 is 37.3 Å². The van der Waals surface area contributed by atoms with Gasteiger partial charge in [-0.3, -0.25) is 5.32 Å². The molecule has 0 aliphatic carbocycles. The molecular formula is C14H16F3NO5. The number of ether oxygens (including phenoxy) is 2.